The molecule has 122 valence electrons. The van der Waals surface area contributed by atoms with Crippen LogP contribution in [-0.2, 0) is 6.42 Å². The molecule has 24 heavy (non-hydrogen) atoms. The summed E-state index contributed by atoms with van der Waals surface area (Å²) in [6.07, 6.45) is 7.42. The van der Waals surface area contributed by atoms with Gasteiger partial charge < -0.3 is 9.88 Å². The normalized spacial score (nSPS) is 17.4. The zero-order valence-electron chi connectivity index (χ0n) is 13.7. The predicted octanol–water partition coefficient (Wildman–Crippen LogP) is 2.64. The topological polar surface area (TPSA) is 70.6 Å². The lowest BCUT2D eigenvalue weighted by Gasteiger charge is -2.17. The number of rotatable bonds is 4. The highest BCUT2D eigenvalue weighted by Crippen LogP contribution is 2.24. The molecule has 1 aliphatic rings. The molecular weight excluding hydrogens is 300 g/mol. The van der Waals surface area contributed by atoms with Crippen LogP contribution in [0.1, 0.15) is 17.8 Å². The highest BCUT2D eigenvalue weighted by atomic mass is 15.2. The van der Waals surface area contributed by atoms with E-state index in [0.29, 0.717) is 5.92 Å². The predicted molar refractivity (Wildman–Crippen MR) is 92.6 cm³/mol. The van der Waals surface area contributed by atoms with Gasteiger partial charge in [0.15, 0.2) is 5.82 Å². The molecule has 1 N–H and O–H groups in total. The Bertz CT molecular complexity index is 813. The van der Waals surface area contributed by atoms with E-state index in [1.807, 2.05) is 37.5 Å². The largest absolute Gasteiger partial charge is 0.356 e. The molecule has 1 aliphatic heterocycles. The molecule has 0 bridgehead atoms. The zero-order chi connectivity index (χ0) is 16.4. The summed E-state index contributed by atoms with van der Waals surface area (Å²) in [7, 11) is 0. The van der Waals surface area contributed by atoms with E-state index in [1.165, 1.54) is 0 Å². The molecule has 1 unspecified atom stereocenters. The van der Waals surface area contributed by atoms with Crippen molar-refractivity contribution in [1.82, 2.24) is 24.9 Å². The van der Waals surface area contributed by atoms with E-state index in [2.05, 4.69) is 35.9 Å². The van der Waals surface area contributed by atoms with Crippen LogP contribution in [0.3, 0.4) is 0 Å². The summed E-state index contributed by atoms with van der Waals surface area (Å²) in [5.41, 5.74) is 2.96. The van der Waals surface area contributed by atoms with Crippen molar-refractivity contribution < 1.29 is 0 Å². The molecule has 1 fully saturated rings. The second-order valence-electron chi connectivity index (χ2n) is 6.30. The Balaban J connectivity index is 1.45. The Morgan fingerprint density at radius 3 is 2.96 bits per heavy atom. The quantitative estimate of drug-likeness (QED) is 0.800. The lowest BCUT2D eigenvalue weighted by molar-refractivity contribution is 0.576. The molecule has 3 aromatic heterocycles. The van der Waals surface area contributed by atoms with Crippen molar-refractivity contribution in [2.45, 2.75) is 19.8 Å². The summed E-state index contributed by atoms with van der Waals surface area (Å²) in [5.74, 6) is 2.46. The van der Waals surface area contributed by atoms with Gasteiger partial charge in [-0.15, -0.1) is 0 Å². The number of nitrogens with one attached hydrogen (secondary N) is 1. The summed E-state index contributed by atoms with van der Waals surface area (Å²) >= 11 is 0. The van der Waals surface area contributed by atoms with E-state index in [-0.39, 0.29) is 0 Å². The first-order valence-electron chi connectivity index (χ1n) is 8.27. The van der Waals surface area contributed by atoms with Gasteiger partial charge in [0.05, 0.1) is 0 Å². The van der Waals surface area contributed by atoms with Crippen LogP contribution in [0.25, 0.3) is 11.5 Å². The van der Waals surface area contributed by atoms with E-state index >= 15 is 0 Å². The fourth-order valence-electron chi connectivity index (χ4n) is 3.23. The van der Waals surface area contributed by atoms with E-state index < -0.39 is 0 Å². The standard InChI is InChI=1S/C18H20N6/c1-13-10-20-18(23-13)16-9-15(21-12-22-16)8-14-5-7-24(11-14)17-4-2-3-6-19-17/h2-4,6,9-10,12,14H,5,7-8,11H2,1H3,(H,20,23). The smallest absolute Gasteiger partial charge is 0.156 e. The van der Waals surface area contributed by atoms with Crippen LogP contribution in [0.2, 0.25) is 0 Å². The van der Waals surface area contributed by atoms with Crippen LogP contribution in [0, 0.1) is 12.8 Å². The van der Waals surface area contributed by atoms with E-state index in [4.69, 9.17) is 0 Å². The maximum absolute atomic E-state index is 4.45. The number of aromatic amines is 1. The Kier molecular flexibility index (Phi) is 3.94. The minimum Gasteiger partial charge on any atom is -0.356 e. The van der Waals surface area contributed by atoms with E-state index in [1.54, 1.807) is 6.33 Å². The van der Waals surface area contributed by atoms with Crippen LogP contribution in [0.5, 0.6) is 0 Å². The van der Waals surface area contributed by atoms with E-state index in [0.717, 1.165) is 54.7 Å². The third-order valence-corrected chi connectivity index (χ3v) is 4.43. The van der Waals surface area contributed by atoms with Crippen LogP contribution in [-0.4, -0.2) is 38.0 Å². The second-order valence-corrected chi connectivity index (χ2v) is 6.30. The molecule has 6 heteroatoms. The van der Waals surface area contributed by atoms with Crippen LogP contribution < -0.4 is 4.90 Å². The van der Waals surface area contributed by atoms with Crippen LogP contribution >= 0.6 is 0 Å². The van der Waals surface area contributed by atoms with Gasteiger partial charge in [-0.1, -0.05) is 6.07 Å². The number of H-pyrrole nitrogens is 1. The number of aromatic nitrogens is 5. The van der Waals surface area contributed by atoms with Gasteiger partial charge in [-0.3, -0.25) is 0 Å². The molecular formula is C18H20N6. The van der Waals surface area contributed by atoms with Crippen molar-refractivity contribution in [3.8, 4) is 11.5 Å². The number of hydrogen-bond donors (Lipinski definition) is 1. The lowest BCUT2D eigenvalue weighted by atomic mass is 10.0. The average Bonchev–Trinajstić information content (AvgIpc) is 3.25. The van der Waals surface area contributed by atoms with Gasteiger partial charge in [-0.25, -0.2) is 19.9 Å². The van der Waals surface area contributed by atoms with Crippen molar-refractivity contribution in [1.29, 1.82) is 0 Å². The summed E-state index contributed by atoms with van der Waals surface area (Å²) < 4.78 is 0. The second kappa shape index (κ2) is 6.39. The van der Waals surface area contributed by atoms with Gasteiger partial charge in [-0.2, -0.15) is 0 Å². The molecule has 4 rings (SSSR count). The van der Waals surface area contributed by atoms with Crippen molar-refractivity contribution in [3.05, 3.63) is 54.4 Å². The van der Waals surface area contributed by atoms with Gasteiger partial charge in [0, 0.05) is 36.9 Å². The van der Waals surface area contributed by atoms with Gasteiger partial charge >= 0.3 is 0 Å². The molecule has 0 saturated carbocycles. The summed E-state index contributed by atoms with van der Waals surface area (Å²) in [6, 6.07) is 8.11. The molecule has 0 spiro atoms. The number of imidazole rings is 1. The Morgan fingerprint density at radius 1 is 1.21 bits per heavy atom. The fourth-order valence-corrected chi connectivity index (χ4v) is 3.23. The number of anilines is 1. The summed E-state index contributed by atoms with van der Waals surface area (Å²) in [5, 5.41) is 0. The molecule has 6 nitrogen and oxygen atoms in total. The first-order valence-corrected chi connectivity index (χ1v) is 8.27. The number of nitrogens with zero attached hydrogens (tertiary/aromatic N) is 5. The molecule has 3 aromatic rings. The Morgan fingerprint density at radius 2 is 2.17 bits per heavy atom. The molecule has 0 aromatic carbocycles. The Labute approximate surface area is 141 Å². The molecule has 0 aliphatic carbocycles. The van der Waals surface area contributed by atoms with Crippen molar-refractivity contribution in [3.63, 3.8) is 0 Å². The highest BCUT2D eigenvalue weighted by molar-refractivity contribution is 5.49. The van der Waals surface area contributed by atoms with E-state index in [9.17, 15) is 0 Å². The van der Waals surface area contributed by atoms with Gasteiger partial charge in [-0.05, 0) is 43.9 Å². The zero-order valence-corrected chi connectivity index (χ0v) is 13.7. The summed E-state index contributed by atoms with van der Waals surface area (Å²) in [6.45, 7) is 4.07. The van der Waals surface area contributed by atoms with Gasteiger partial charge in [0.2, 0.25) is 0 Å². The highest BCUT2D eigenvalue weighted by Gasteiger charge is 2.24. The van der Waals surface area contributed by atoms with Gasteiger partial charge in [0.25, 0.3) is 0 Å². The molecule has 1 atom stereocenters. The van der Waals surface area contributed by atoms with Crippen LogP contribution in [0.15, 0.2) is 43.0 Å². The molecule has 0 amide bonds. The number of pyridine rings is 1. The molecule has 4 heterocycles. The third kappa shape index (κ3) is 3.13. The average molecular weight is 320 g/mol. The van der Waals surface area contributed by atoms with Crippen molar-refractivity contribution in [2.24, 2.45) is 5.92 Å². The molecule has 1 saturated heterocycles. The SMILES string of the molecule is Cc1cnc(-c2cc(CC3CCN(c4ccccn4)C3)ncn2)[nH]1. The minimum absolute atomic E-state index is 0.591. The van der Waals surface area contributed by atoms with Crippen molar-refractivity contribution in [2.75, 3.05) is 18.0 Å². The molecule has 0 radical (unpaired) electrons. The number of aryl methyl sites for hydroxylation is 1. The van der Waals surface area contributed by atoms with Crippen molar-refractivity contribution >= 4 is 5.82 Å². The lowest BCUT2D eigenvalue weighted by Crippen LogP contribution is -2.21. The maximum Gasteiger partial charge on any atom is 0.156 e. The number of hydrogen-bond acceptors (Lipinski definition) is 5. The maximum atomic E-state index is 4.45. The first-order chi connectivity index (χ1) is 11.8. The van der Waals surface area contributed by atoms with Gasteiger partial charge in [0.1, 0.15) is 17.8 Å². The summed E-state index contributed by atoms with van der Waals surface area (Å²) in [4.78, 5) is 23.1. The minimum atomic E-state index is 0.591. The van der Waals surface area contributed by atoms with Crippen LogP contribution in [0.4, 0.5) is 5.82 Å². The first kappa shape index (κ1) is 14.8. The monoisotopic (exact) mass is 320 g/mol. The Hall–Kier alpha value is -2.76. The fraction of sp³-hybridized carbons (Fsp3) is 0.333. The third-order valence-electron chi connectivity index (χ3n) is 4.43.